The van der Waals surface area contributed by atoms with E-state index >= 15 is 0 Å². The topological polar surface area (TPSA) is 12.9 Å². The third kappa shape index (κ3) is 2.65. The molecule has 1 aromatic heterocycles. The Morgan fingerprint density at radius 3 is 2.31 bits per heavy atom. The Morgan fingerprint density at radius 1 is 0.690 bits per heavy atom. The predicted molar refractivity (Wildman–Crippen MR) is 124 cm³/mol. The molecule has 1 aliphatic carbocycles. The number of hydrogen-bond donors (Lipinski definition) is 0. The fourth-order valence-corrected chi connectivity index (χ4v) is 5.06. The highest BCUT2D eigenvalue weighted by molar-refractivity contribution is 6.42. The maximum absolute atomic E-state index is 6.31. The van der Waals surface area contributed by atoms with E-state index in [-0.39, 0.29) is 0 Å². The van der Waals surface area contributed by atoms with E-state index in [0.717, 1.165) is 36.0 Å². The molecule has 6 rings (SSSR count). The Morgan fingerprint density at radius 2 is 1.48 bits per heavy atom. The Kier molecular flexibility index (Phi) is 3.84. The van der Waals surface area contributed by atoms with Crippen LogP contribution in [-0.4, -0.2) is 4.98 Å². The molecule has 4 aromatic carbocycles. The summed E-state index contributed by atoms with van der Waals surface area (Å²) >= 11 is 12.4. The molecule has 1 nitrogen and oxygen atoms in total. The lowest BCUT2D eigenvalue weighted by atomic mass is 9.94. The predicted octanol–water partition coefficient (Wildman–Crippen LogP) is 8.00. The monoisotopic (exact) mass is 413 g/mol. The van der Waals surface area contributed by atoms with E-state index in [1.807, 2.05) is 18.2 Å². The van der Waals surface area contributed by atoms with Crippen molar-refractivity contribution in [2.24, 2.45) is 0 Å². The maximum Gasteiger partial charge on any atom is 0.0744 e. The van der Waals surface area contributed by atoms with Crippen molar-refractivity contribution in [1.82, 2.24) is 4.98 Å². The number of aryl methyl sites for hydroxylation is 1. The van der Waals surface area contributed by atoms with Crippen molar-refractivity contribution in [3.8, 4) is 11.3 Å². The van der Waals surface area contributed by atoms with E-state index < -0.39 is 0 Å². The van der Waals surface area contributed by atoms with Crippen LogP contribution in [0.15, 0.2) is 66.7 Å². The van der Waals surface area contributed by atoms with Crippen molar-refractivity contribution < 1.29 is 0 Å². The minimum Gasteiger partial charge on any atom is -0.247 e. The summed E-state index contributed by atoms with van der Waals surface area (Å²) in [6, 6.07) is 23.3. The van der Waals surface area contributed by atoms with Crippen LogP contribution in [0.5, 0.6) is 0 Å². The normalized spacial score (nSPS) is 13.4. The third-order valence-electron chi connectivity index (χ3n) is 6.09. The summed E-state index contributed by atoms with van der Waals surface area (Å²) in [6.45, 7) is 0. The summed E-state index contributed by atoms with van der Waals surface area (Å²) in [4.78, 5) is 5.12. The molecular formula is C26H17Cl2N. The number of fused-ring (bicyclic) bond motifs is 6. The molecule has 0 amide bonds. The van der Waals surface area contributed by atoms with Crippen molar-refractivity contribution in [3.63, 3.8) is 0 Å². The minimum absolute atomic E-state index is 0.572. The van der Waals surface area contributed by atoms with Crippen molar-refractivity contribution in [2.75, 3.05) is 0 Å². The van der Waals surface area contributed by atoms with Gasteiger partial charge >= 0.3 is 0 Å². The second-order valence-electron chi connectivity index (χ2n) is 7.78. The van der Waals surface area contributed by atoms with Gasteiger partial charge in [0, 0.05) is 10.9 Å². The standard InChI is InChI=1S/C26H17Cl2N/c27-22-10-8-18(14-23(22)28)26-20-7-3-6-19(20)25-21-13-16-5-2-1-4-15(16)12-17(21)9-11-24(25)29-26/h1-2,4-5,8-14H,3,6-7H2. The van der Waals surface area contributed by atoms with Gasteiger partial charge in [0.05, 0.1) is 21.3 Å². The van der Waals surface area contributed by atoms with E-state index in [4.69, 9.17) is 28.2 Å². The molecule has 29 heavy (non-hydrogen) atoms. The van der Waals surface area contributed by atoms with Gasteiger partial charge in [-0.25, -0.2) is 4.98 Å². The zero-order valence-corrected chi connectivity index (χ0v) is 17.2. The minimum atomic E-state index is 0.572. The Hall–Kier alpha value is -2.61. The number of rotatable bonds is 1. The largest absolute Gasteiger partial charge is 0.247 e. The van der Waals surface area contributed by atoms with Crippen molar-refractivity contribution in [1.29, 1.82) is 0 Å². The molecule has 0 saturated carbocycles. The average Bonchev–Trinajstić information content (AvgIpc) is 3.23. The van der Waals surface area contributed by atoms with Crippen LogP contribution in [-0.2, 0) is 12.8 Å². The average molecular weight is 414 g/mol. The second-order valence-corrected chi connectivity index (χ2v) is 8.59. The van der Waals surface area contributed by atoms with Gasteiger partial charge in [0.1, 0.15) is 0 Å². The van der Waals surface area contributed by atoms with Gasteiger partial charge in [-0.2, -0.15) is 0 Å². The molecule has 0 atom stereocenters. The molecule has 0 N–H and O–H groups in total. The molecule has 1 aliphatic rings. The van der Waals surface area contributed by atoms with Gasteiger partial charge in [0.25, 0.3) is 0 Å². The van der Waals surface area contributed by atoms with Crippen LogP contribution < -0.4 is 0 Å². The molecule has 0 radical (unpaired) electrons. The maximum atomic E-state index is 6.31. The molecule has 140 valence electrons. The quantitative estimate of drug-likeness (QED) is 0.200. The highest BCUT2D eigenvalue weighted by atomic mass is 35.5. The van der Waals surface area contributed by atoms with E-state index in [2.05, 4.69) is 48.5 Å². The summed E-state index contributed by atoms with van der Waals surface area (Å²) in [5, 5.41) is 7.57. The highest BCUT2D eigenvalue weighted by Gasteiger charge is 2.22. The SMILES string of the molecule is Clc1ccc(-c2nc3ccc4cc5ccccc5cc4c3c3c2CCC3)cc1Cl. The van der Waals surface area contributed by atoms with Gasteiger partial charge in [0.2, 0.25) is 0 Å². The molecule has 0 spiro atoms. The van der Waals surface area contributed by atoms with E-state index in [1.54, 1.807) is 0 Å². The number of nitrogens with zero attached hydrogens (tertiary/aromatic N) is 1. The van der Waals surface area contributed by atoms with Gasteiger partial charge in [0.15, 0.2) is 0 Å². The Bertz CT molecular complexity index is 1450. The lowest BCUT2D eigenvalue weighted by Crippen LogP contribution is -1.96. The summed E-state index contributed by atoms with van der Waals surface area (Å²) in [5.74, 6) is 0. The molecule has 0 fully saturated rings. The third-order valence-corrected chi connectivity index (χ3v) is 6.83. The first kappa shape index (κ1) is 17.3. The van der Waals surface area contributed by atoms with Gasteiger partial charge in [-0.05, 0) is 82.3 Å². The van der Waals surface area contributed by atoms with Gasteiger partial charge in [-0.1, -0.05) is 59.6 Å². The summed E-state index contributed by atoms with van der Waals surface area (Å²) in [7, 11) is 0. The molecule has 0 bridgehead atoms. The zero-order chi connectivity index (χ0) is 19.5. The van der Waals surface area contributed by atoms with E-state index in [0.29, 0.717) is 10.0 Å². The molecule has 3 heteroatoms. The van der Waals surface area contributed by atoms with Crippen molar-refractivity contribution in [3.05, 3.63) is 87.9 Å². The van der Waals surface area contributed by atoms with Crippen LogP contribution in [0.3, 0.4) is 0 Å². The summed E-state index contributed by atoms with van der Waals surface area (Å²) < 4.78 is 0. The van der Waals surface area contributed by atoms with Crippen LogP contribution in [0.25, 0.3) is 43.7 Å². The zero-order valence-electron chi connectivity index (χ0n) is 15.7. The van der Waals surface area contributed by atoms with Gasteiger partial charge < -0.3 is 0 Å². The first-order valence-electron chi connectivity index (χ1n) is 9.91. The van der Waals surface area contributed by atoms with E-state index in [1.165, 1.54) is 38.1 Å². The first-order valence-corrected chi connectivity index (χ1v) is 10.7. The van der Waals surface area contributed by atoms with Crippen LogP contribution >= 0.6 is 23.2 Å². The molecule has 0 aliphatic heterocycles. The van der Waals surface area contributed by atoms with Crippen LogP contribution in [0.2, 0.25) is 10.0 Å². The fraction of sp³-hybridized carbons (Fsp3) is 0.115. The number of hydrogen-bond acceptors (Lipinski definition) is 1. The Labute approximate surface area is 178 Å². The second kappa shape index (κ2) is 6.45. The molecular weight excluding hydrogens is 397 g/mol. The summed E-state index contributed by atoms with van der Waals surface area (Å²) in [6.07, 6.45) is 3.31. The van der Waals surface area contributed by atoms with Crippen molar-refractivity contribution in [2.45, 2.75) is 19.3 Å². The molecule has 5 aromatic rings. The summed E-state index contributed by atoms with van der Waals surface area (Å²) in [5.41, 5.74) is 5.93. The van der Waals surface area contributed by atoms with Gasteiger partial charge in [-0.3, -0.25) is 0 Å². The number of aromatic nitrogens is 1. The highest BCUT2D eigenvalue weighted by Crippen LogP contribution is 2.40. The number of pyridine rings is 1. The fourth-order valence-electron chi connectivity index (χ4n) is 4.76. The van der Waals surface area contributed by atoms with Crippen molar-refractivity contribution >= 4 is 55.6 Å². The smallest absolute Gasteiger partial charge is 0.0744 e. The number of halogens is 2. The lowest BCUT2D eigenvalue weighted by molar-refractivity contribution is 0.913. The van der Waals surface area contributed by atoms with E-state index in [9.17, 15) is 0 Å². The molecule has 0 saturated heterocycles. The van der Waals surface area contributed by atoms with Gasteiger partial charge in [-0.15, -0.1) is 0 Å². The first-order chi connectivity index (χ1) is 14.2. The molecule has 1 heterocycles. The van der Waals surface area contributed by atoms with Crippen LogP contribution in [0, 0.1) is 0 Å². The molecule has 0 unspecified atom stereocenters. The Balaban J connectivity index is 1.71. The lowest BCUT2D eigenvalue weighted by Gasteiger charge is -2.14. The van der Waals surface area contributed by atoms with Crippen LogP contribution in [0.1, 0.15) is 17.5 Å². The number of benzene rings is 4. The van der Waals surface area contributed by atoms with Crippen LogP contribution in [0.4, 0.5) is 0 Å².